The van der Waals surface area contributed by atoms with Crippen LogP contribution in [0.3, 0.4) is 0 Å². The highest BCUT2D eigenvalue weighted by molar-refractivity contribution is 8.20. The third-order valence-corrected chi connectivity index (χ3v) is 6.00. The molecule has 0 heterocycles. The van der Waals surface area contributed by atoms with Crippen molar-refractivity contribution in [2.75, 3.05) is 0 Å². The zero-order chi connectivity index (χ0) is 8.36. The van der Waals surface area contributed by atoms with Crippen LogP contribution >= 0.6 is 11.2 Å². The molecule has 10 heavy (non-hydrogen) atoms. The SMILES string of the molecule is CC(C)(S[SiH3])C(N)C(=O)O. The summed E-state index contributed by atoms with van der Waals surface area (Å²) in [6, 6.07) is -0.755. The molecule has 0 aliphatic carbocycles. The van der Waals surface area contributed by atoms with E-state index in [1.807, 2.05) is 13.8 Å². The fourth-order valence-corrected chi connectivity index (χ4v) is 1.54. The number of carbonyl (C=O) groups is 1. The molecular weight excluding hydrogens is 166 g/mol. The Bertz CT molecular complexity index is 140. The molecule has 0 radical (unpaired) electrons. The van der Waals surface area contributed by atoms with Gasteiger partial charge in [-0.1, -0.05) is 0 Å². The number of hydrogen-bond acceptors (Lipinski definition) is 3. The van der Waals surface area contributed by atoms with Crippen molar-refractivity contribution in [2.45, 2.75) is 24.6 Å². The molecule has 0 bridgehead atoms. The molecule has 0 aliphatic rings. The van der Waals surface area contributed by atoms with Gasteiger partial charge in [0.05, 0.1) is 9.39 Å². The van der Waals surface area contributed by atoms with Crippen LogP contribution in [0, 0.1) is 0 Å². The van der Waals surface area contributed by atoms with E-state index < -0.39 is 12.0 Å². The van der Waals surface area contributed by atoms with Crippen LogP contribution in [0.5, 0.6) is 0 Å². The minimum Gasteiger partial charge on any atom is -0.480 e. The van der Waals surface area contributed by atoms with Gasteiger partial charge >= 0.3 is 5.97 Å². The van der Waals surface area contributed by atoms with Gasteiger partial charge in [-0.25, -0.2) is 0 Å². The molecule has 0 saturated heterocycles. The lowest BCUT2D eigenvalue weighted by molar-refractivity contribution is -0.139. The van der Waals surface area contributed by atoms with Crippen molar-refractivity contribution in [3.05, 3.63) is 0 Å². The first-order valence-corrected chi connectivity index (χ1v) is 6.63. The molecule has 1 unspecified atom stereocenters. The van der Waals surface area contributed by atoms with Crippen LogP contribution in [0.15, 0.2) is 0 Å². The van der Waals surface area contributed by atoms with Gasteiger partial charge < -0.3 is 10.8 Å². The molecule has 60 valence electrons. The zero-order valence-corrected chi connectivity index (χ0v) is 9.23. The summed E-state index contributed by atoms with van der Waals surface area (Å²) in [4.78, 5) is 10.4. The van der Waals surface area contributed by atoms with Gasteiger partial charge in [0, 0.05) is 4.75 Å². The normalized spacial score (nSPS) is 15.1. The van der Waals surface area contributed by atoms with Crippen molar-refractivity contribution in [2.24, 2.45) is 5.73 Å². The molecule has 0 amide bonds. The quantitative estimate of drug-likeness (QED) is 0.556. The Morgan fingerprint density at radius 1 is 1.80 bits per heavy atom. The lowest BCUT2D eigenvalue weighted by Crippen LogP contribution is -2.46. The maximum absolute atomic E-state index is 10.4. The van der Waals surface area contributed by atoms with Crippen LogP contribution in [0.25, 0.3) is 0 Å². The highest BCUT2D eigenvalue weighted by Gasteiger charge is 2.30. The molecule has 0 spiro atoms. The Morgan fingerprint density at radius 2 is 2.20 bits per heavy atom. The van der Waals surface area contributed by atoms with Gasteiger partial charge in [-0.15, -0.1) is 0 Å². The minimum atomic E-state index is -0.923. The van der Waals surface area contributed by atoms with Crippen LogP contribution in [-0.4, -0.2) is 31.3 Å². The van der Waals surface area contributed by atoms with E-state index >= 15 is 0 Å². The molecule has 3 N–H and O–H groups in total. The first kappa shape index (κ1) is 10.00. The van der Waals surface area contributed by atoms with E-state index in [9.17, 15) is 4.79 Å². The summed E-state index contributed by atoms with van der Waals surface area (Å²) in [7, 11) is 0.914. The monoisotopic (exact) mass is 179 g/mol. The summed E-state index contributed by atoms with van der Waals surface area (Å²) >= 11 is 1.60. The average molecular weight is 179 g/mol. The Labute approximate surface area is 67.4 Å². The summed E-state index contributed by atoms with van der Waals surface area (Å²) in [5, 5.41) is 8.53. The van der Waals surface area contributed by atoms with E-state index in [-0.39, 0.29) is 4.75 Å². The largest absolute Gasteiger partial charge is 0.480 e. The standard InChI is InChI=1S/C5H13NO2SSi/c1-5(2,9-10)3(6)4(7)8/h3H,6H2,1-2,10H3,(H,7,8). The van der Waals surface area contributed by atoms with Crippen LogP contribution in [-0.2, 0) is 4.79 Å². The fourth-order valence-electron chi connectivity index (χ4n) is 0.424. The summed E-state index contributed by atoms with van der Waals surface area (Å²) in [5.74, 6) is -0.923. The Hall–Kier alpha value is -0.00312. The molecule has 1 atom stereocenters. The van der Waals surface area contributed by atoms with Crippen molar-refractivity contribution in [3.8, 4) is 0 Å². The number of rotatable bonds is 3. The third-order valence-electron chi connectivity index (χ3n) is 1.54. The highest BCUT2D eigenvalue weighted by Crippen LogP contribution is 2.23. The van der Waals surface area contributed by atoms with Gasteiger partial charge in [-0.05, 0) is 13.8 Å². The van der Waals surface area contributed by atoms with E-state index in [4.69, 9.17) is 10.8 Å². The highest BCUT2D eigenvalue weighted by atomic mass is 32.4. The second kappa shape index (κ2) is 3.41. The lowest BCUT2D eigenvalue weighted by Gasteiger charge is -2.26. The first-order chi connectivity index (χ1) is 4.41. The molecule has 0 rings (SSSR count). The molecule has 3 nitrogen and oxygen atoms in total. The van der Waals surface area contributed by atoms with Crippen molar-refractivity contribution in [1.82, 2.24) is 0 Å². The molecule has 0 aromatic carbocycles. The van der Waals surface area contributed by atoms with E-state index in [2.05, 4.69) is 0 Å². The first-order valence-electron chi connectivity index (χ1n) is 2.95. The molecule has 0 fully saturated rings. The van der Waals surface area contributed by atoms with Crippen LogP contribution in [0.1, 0.15) is 13.8 Å². The zero-order valence-electron chi connectivity index (χ0n) is 6.42. The predicted molar refractivity (Wildman–Crippen MR) is 47.2 cm³/mol. The van der Waals surface area contributed by atoms with Gasteiger partial charge in [0.15, 0.2) is 0 Å². The topological polar surface area (TPSA) is 63.3 Å². The number of nitrogens with two attached hydrogens (primary N) is 1. The molecule has 0 saturated carbocycles. The Kier molecular flexibility index (Phi) is 3.41. The molecule has 5 heteroatoms. The Balaban J connectivity index is 4.17. The number of hydrogen-bond donors (Lipinski definition) is 2. The summed E-state index contributed by atoms with van der Waals surface area (Å²) in [6.45, 7) is 3.70. The van der Waals surface area contributed by atoms with Gasteiger partial charge in [0.25, 0.3) is 0 Å². The lowest BCUT2D eigenvalue weighted by atomic mass is 10.1. The van der Waals surface area contributed by atoms with Crippen molar-refractivity contribution < 1.29 is 9.90 Å². The number of carboxylic acid groups (broad SMARTS) is 1. The fraction of sp³-hybridized carbons (Fsp3) is 0.800. The van der Waals surface area contributed by atoms with Crippen LogP contribution < -0.4 is 5.73 Å². The van der Waals surface area contributed by atoms with Gasteiger partial charge in [-0.2, -0.15) is 11.2 Å². The van der Waals surface area contributed by atoms with E-state index in [0.29, 0.717) is 0 Å². The number of carboxylic acids is 1. The summed E-state index contributed by atoms with van der Waals surface area (Å²) in [5.41, 5.74) is 5.41. The second-order valence-electron chi connectivity index (χ2n) is 2.62. The average Bonchev–Trinajstić information content (AvgIpc) is 1.86. The van der Waals surface area contributed by atoms with Gasteiger partial charge in [0.2, 0.25) is 0 Å². The van der Waals surface area contributed by atoms with Crippen molar-refractivity contribution >= 4 is 26.6 Å². The molecule has 0 aromatic rings. The van der Waals surface area contributed by atoms with Crippen LogP contribution in [0.4, 0.5) is 0 Å². The smallest absolute Gasteiger partial charge is 0.321 e. The minimum absolute atomic E-state index is 0.321. The van der Waals surface area contributed by atoms with Gasteiger partial charge in [0.1, 0.15) is 6.04 Å². The second-order valence-corrected chi connectivity index (χ2v) is 5.31. The maximum atomic E-state index is 10.4. The third kappa shape index (κ3) is 2.32. The molecule has 0 aromatic heterocycles. The predicted octanol–water partition coefficient (Wildman–Crippen LogP) is -0.810. The Morgan fingerprint density at radius 3 is 2.30 bits per heavy atom. The van der Waals surface area contributed by atoms with E-state index in [0.717, 1.165) is 9.39 Å². The molecule has 0 aliphatic heterocycles. The van der Waals surface area contributed by atoms with Crippen molar-refractivity contribution in [3.63, 3.8) is 0 Å². The van der Waals surface area contributed by atoms with Crippen molar-refractivity contribution in [1.29, 1.82) is 0 Å². The summed E-state index contributed by atoms with van der Waals surface area (Å²) in [6.07, 6.45) is 0. The maximum Gasteiger partial charge on any atom is 0.321 e. The van der Waals surface area contributed by atoms with Gasteiger partial charge in [-0.3, -0.25) is 4.79 Å². The summed E-state index contributed by atoms with van der Waals surface area (Å²) < 4.78 is -0.321. The van der Waals surface area contributed by atoms with E-state index in [1.54, 1.807) is 11.2 Å². The molecular formula is C5H13NO2SSi. The number of aliphatic carboxylic acids is 1. The van der Waals surface area contributed by atoms with Crippen LogP contribution in [0.2, 0.25) is 0 Å². The van der Waals surface area contributed by atoms with E-state index in [1.165, 1.54) is 0 Å².